The highest BCUT2D eigenvalue weighted by Crippen LogP contribution is 2.27. The summed E-state index contributed by atoms with van der Waals surface area (Å²) in [7, 11) is 1.53. The number of carbonyl (C=O) groups excluding carboxylic acids is 2. The Morgan fingerprint density at radius 3 is 2.69 bits per heavy atom. The smallest absolute Gasteiger partial charge is 0.323 e. The predicted molar refractivity (Wildman–Crippen MR) is 60.0 cm³/mol. The van der Waals surface area contributed by atoms with E-state index in [0.717, 1.165) is 5.56 Å². The summed E-state index contributed by atoms with van der Waals surface area (Å²) in [5, 5.41) is 2.48. The molecule has 84 valence electrons. The SMILES string of the molecule is CNC(=O)N1CC(c2ccccc2)CC1=O. The van der Waals surface area contributed by atoms with Crippen LogP contribution in [0, 0.1) is 0 Å². The molecule has 1 aliphatic rings. The number of urea groups is 1. The first-order chi connectivity index (χ1) is 7.72. The van der Waals surface area contributed by atoms with Crippen molar-refractivity contribution in [2.75, 3.05) is 13.6 Å². The van der Waals surface area contributed by atoms with Crippen LogP contribution in [0.5, 0.6) is 0 Å². The summed E-state index contributed by atoms with van der Waals surface area (Å²) in [5.74, 6) is 0.0270. The summed E-state index contributed by atoms with van der Waals surface area (Å²) in [6.45, 7) is 0.475. The minimum Gasteiger partial charge on any atom is -0.341 e. The van der Waals surface area contributed by atoms with E-state index in [2.05, 4.69) is 5.32 Å². The molecule has 1 atom stereocenters. The molecule has 0 aromatic heterocycles. The van der Waals surface area contributed by atoms with Gasteiger partial charge in [-0.1, -0.05) is 30.3 Å². The molecule has 16 heavy (non-hydrogen) atoms. The number of nitrogens with one attached hydrogen (secondary N) is 1. The van der Waals surface area contributed by atoms with Crippen molar-refractivity contribution in [1.82, 2.24) is 10.2 Å². The summed E-state index contributed by atoms with van der Waals surface area (Å²) >= 11 is 0. The van der Waals surface area contributed by atoms with Crippen LogP contribution in [-0.2, 0) is 4.79 Å². The Morgan fingerprint density at radius 2 is 2.06 bits per heavy atom. The van der Waals surface area contributed by atoms with Gasteiger partial charge in [-0.2, -0.15) is 0 Å². The highest BCUT2D eigenvalue weighted by Gasteiger charge is 2.33. The van der Waals surface area contributed by atoms with Crippen LogP contribution in [0.1, 0.15) is 17.9 Å². The van der Waals surface area contributed by atoms with Crippen molar-refractivity contribution < 1.29 is 9.59 Å². The third kappa shape index (κ3) is 1.91. The Bertz CT molecular complexity index is 403. The van der Waals surface area contributed by atoms with Crippen LogP contribution in [-0.4, -0.2) is 30.4 Å². The quantitative estimate of drug-likeness (QED) is 0.773. The van der Waals surface area contributed by atoms with Gasteiger partial charge in [-0.3, -0.25) is 9.69 Å². The van der Waals surface area contributed by atoms with Gasteiger partial charge in [0.15, 0.2) is 0 Å². The molecule has 3 amide bonds. The van der Waals surface area contributed by atoms with Crippen LogP contribution in [0.4, 0.5) is 4.79 Å². The van der Waals surface area contributed by atoms with Crippen molar-refractivity contribution >= 4 is 11.9 Å². The Balaban J connectivity index is 2.13. The van der Waals surface area contributed by atoms with Gasteiger partial charge >= 0.3 is 6.03 Å². The first kappa shape index (κ1) is 10.7. The first-order valence-electron chi connectivity index (χ1n) is 5.29. The molecule has 0 spiro atoms. The topological polar surface area (TPSA) is 49.4 Å². The summed E-state index contributed by atoms with van der Waals surface area (Å²) in [6, 6.07) is 9.50. The second kappa shape index (κ2) is 4.35. The van der Waals surface area contributed by atoms with Crippen molar-refractivity contribution in [3.05, 3.63) is 35.9 Å². The lowest BCUT2D eigenvalue weighted by Crippen LogP contribution is -2.38. The molecule has 0 saturated carbocycles. The van der Waals surface area contributed by atoms with Gasteiger partial charge in [-0.15, -0.1) is 0 Å². The van der Waals surface area contributed by atoms with Crippen molar-refractivity contribution in [2.45, 2.75) is 12.3 Å². The van der Waals surface area contributed by atoms with Gasteiger partial charge in [-0.05, 0) is 5.56 Å². The maximum absolute atomic E-state index is 11.6. The van der Waals surface area contributed by atoms with Gasteiger partial charge in [0.05, 0.1) is 0 Å². The number of imide groups is 1. The third-order valence-electron chi connectivity index (χ3n) is 2.86. The number of carbonyl (C=O) groups is 2. The molecule has 1 unspecified atom stereocenters. The van der Waals surface area contributed by atoms with E-state index < -0.39 is 0 Å². The van der Waals surface area contributed by atoms with Crippen LogP contribution in [0.3, 0.4) is 0 Å². The second-order valence-corrected chi connectivity index (χ2v) is 3.87. The van der Waals surface area contributed by atoms with Gasteiger partial charge in [0, 0.05) is 25.9 Å². The zero-order valence-electron chi connectivity index (χ0n) is 9.14. The zero-order chi connectivity index (χ0) is 11.5. The number of amides is 3. The molecule has 4 nitrogen and oxygen atoms in total. The third-order valence-corrected chi connectivity index (χ3v) is 2.86. The van der Waals surface area contributed by atoms with Crippen molar-refractivity contribution in [3.8, 4) is 0 Å². The van der Waals surface area contributed by atoms with Crippen molar-refractivity contribution in [3.63, 3.8) is 0 Å². The largest absolute Gasteiger partial charge is 0.341 e. The van der Waals surface area contributed by atoms with E-state index in [1.54, 1.807) is 0 Å². The molecule has 0 radical (unpaired) electrons. The Hall–Kier alpha value is -1.84. The molecule has 0 aliphatic carbocycles. The molecule has 1 fully saturated rings. The van der Waals surface area contributed by atoms with Crippen molar-refractivity contribution in [1.29, 1.82) is 0 Å². The van der Waals surface area contributed by atoms with Crippen LogP contribution < -0.4 is 5.32 Å². The van der Waals surface area contributed by atoms with E-state index >= 15 is 0 Å². The van der Waals surface area contributed by atoms with Crippen LogP contribution >= 0.6 is 0 Å². The Labute approximate surface area is 94.2 Å². The van der Waals surface area contributed by atoms with Gasteiger partial charge in [-0.25, -0.2) is 4.79 Å². The maximum Gasteiger partial charge on any atom is 0.323 e. The van der Waals surface area contributed by atoms with E-state index in [0.29, 0.717) is 13.0 Å². The number of hydrogen-bond donors (Lipinski definition) is 1. The molecule has 1 aliphatic heterocycles. The average Bonchev–Trinajstić information content (AvgIpc) is 2.71. The molecule has 1 N–H and O–H groups in total. The standard InChI is InChI=1S/C12H14N2O2/c1-13-12(16)14-8-10(7-11(14)15)9-5-3-2-4-6-9/h2-6,10H,7-8H2,1H3,(H,13,16). The number of likely N-dealkylation sites (tertiary alicyclic amines) is 1. The van der Waals surface area contributed by atoms with Crippen LogP contribution in [0.2, 0.25) is 0 Å². The number of hydrogen-bond acceptors (Lipinski definition) is 2. The minimum atomic E-state index is -0.316. The molecule has 4 heteroatoms. The fourth-order valence-corrected chi connectivity index (χ4v) is 1.99. The van der Waals surface area contributed by atoms with E-state index in [1.165, 1.54) is 11.9 Å². The second-order valence-electron chi connectivity index (χ2n) is 3.87. The normalized spacial score (nSPS) is 19.9. The molecule has 1 aromatic rings. The molecule has 1 heterocycles. The fourth-order valence-electron chi connectivity index (χ4n) is 1.99. The lowest BCUT2D eigenvalue weighted by molar-refractivity contribution is -0.125. The van der Waals surface area contributed by atoms with Crippen LogP contribution in [0.25, 0.3) is 0 Å². The van der Waals surface area contributed by atoms with E-state index in [9.17, 15) is 9.59 Å². The fraction of sp³-hybridized carbons (Fsp3) is 0.333. The van der Waals surface area contributed by atoms with E-state index in [1.807, 2.05) is 30.3 Å². The number of nitrogens with zero attached hydrogens (tertiary/aromatic N) is 1. The summed E-state index contributed by atoms with van der Waals surface area (Å²) in [4.78, 5) is 24.3. The molecule has 1 aromatic carbocycles. The highest BCUT2D eigenvalue weighted by molar-refractivity contribution is 5.96. The van der Waals surface area contributed by atoms with Gasteiger partial charge in [0.1, 0.15) is 0 Å². The van der Waals surface area contributed by atoms with Crippen molar-refractivity contribution in [2.24, 2.45) is 0 Å². The summed E-state index contributed by atoms with van der Waals surface area (Å²) < 4.78 is 0. The first-order valence-corrected chi connectivity index (χ1v) is 5.29. The predicted octanol–water partition coefficient (Wildman–Crippen LogP) is 1.34. The highest BCUT2D eigenvalue weighted by atomic mass is 16.2. The van der Waals surface area contributed by atoms with E-state index in [4.69, 9.17) is 0 Å². The van der Waals surface area contributed by atoms with Gasteiger partial charge < -0.3 is 5.32 Å². The van der Waals surface area contributed by atoms with Gasteiger partial charge in [0.25, 0.3) is 0 Å². The summed E-state index contributed by atoms with van der Waals surface area (Å²) in [6.07, 6.45) is 0.414. The van der Waals surface area contributed by atoms with E-state index in [-0.39, 0.29) is 17.9 Å². The number of benzene rings is 1. The maximum atomic E-state index is 11.6. The number of rotatable bonds is 1. The monoisotopic (exact) mass is 218 g/mol. The molecular weight excluding hydrogens is 204 g/mol. The van der Waals surface area contributed by atoms with Crippen LogP contribution in [0.15, 0.2) is 30.3 Å². The zero-order valence-corrected chi connectivity index (χ0v) is 9.14. The molecular formula is C12H14N2O2. The Morgan fingerprint density at radius 1 is 1.38 bits per heavy atom. The lowest BCUT2D eigenvalue weighted by atomic mass is 9.99. The molecule has 0 bridgehead atoms. The Kier molecular flexibility index (Phi) is 2.90. The van der Waals surface area contributed by atoms with Gasteiger partial charge in [0.2, 0.25) is 5.91 Å². The molecule has 1 saturated heterocycles. The lowest BCUT2D eigenvalue weighted by Gasteiger charge is -2.13. The molecule has 2 rings (SSSR count). The summed E-state index contributed by atoms with van der Waals surface area (Å²) in [5.41, 5.74) is 1.11. The average molecular weight is 218 g/mol. The minimum absolute atomic E-state index is 0.104.